The lowest BCUT2D eigenvalue weighted by atomic mass is 9.92. The van der Waals surface area contributed by atoms with E-state index in [1.54, 1.807) is 0 Å². The van der Waals surface area contributed by atoms with Crippen molar-refractivity contribution in [2.24, 2.45) is 0 Å². The highest BCUT2D eigenvalue weighted by atomic mass is 19.3. The van der Waals surface area contributed by atoms with E-state index in [-0.39, 0.29) is 6.42 Å². The van der Waals surface area contributed by atoms with E-state index >= 15 is 0 Å². The molecule has 3 heteroatoms. The highest BCUT2D eigenvalue weighted by Crippen LogP contribution is 2.44. The van der Waals surface area contributed by atoms with Gasteiger partial charge >= 0.3 is 6.11 Å². The number of halogens is 2. The summed E-state index contributed by atoms with van der Waals surface area (Å²) in [6, 6.07) is 15.5. The SMILES string of the molecule is FC1(F)CCc2c(c3ccccc3c3ccccc23)O1. The zero-order valence-electron chi connectivity index (χ0n) is 10.7. The van der Waals surface area contributed by atoms with Crippen LogP contribution in [0.2, 0.25) is 0 Å². The third kappa shape index (κ3) is 1.59. The van der Waals surface area contributed by atoms with E-state index in [1.165, 1.54) is 0 Å². The van der Waals surface area contributed by atoms with Crippen LogP contribution in [0.4, 0.5) is 8.78 Å². The van der Waals surface area contributed by atoms with Gasteiger partial charge in [-0.3, -0.25) is 0 Å². The number of alkyl halides is 2. The molecule has 0 fully saturated rings. The molecule has 0 bridgehead atoms. The van der Waals surface area contributed by atoms with E-state index in [4.69, 9.17) is 4.74 Å². The summed E-state index contributed by atoms with van der Waals surface area (Å²) in [7, 11) is 0. The van der Waals surface area contributed by atoms with Crippen LogP contribution in [0, 0.1) is 0 Å². The van der Waals surface area contributed by atoms with Gasteiger partial charge in [-0.25, -0.2) is 0 Å². The first-order valence-corrected chi connectivity index (χ1v) is 6.65. The molecule has 1 aliphatic heterocycles. The van der Waals surface area contributed by atoms with Crippen molar-refractivity contribution >= 4 is 21.5 Å². The molecule has 0 saturated carbocycles. The van der Waals surface area contributed by atoms with Crippen LogP contribution in [0.3, 0.4) is 0 Å². The van der Waals surface area contributed by atoms with Crippen molar-refractivity contribution in [3.8, 4) is 5.75 Å². The second-order valence-electron chi connectivity index (χ2n) is 5.14. The highest BCUT2D eigenvalue weighted by Gasteiger charge is 2.37. The minimum Gasteiger partial charge on any atom is -0.432 e. The van der Waals surface area contributed by atoms with Crippen LogP contribution in [-0.2, 0) is 6.42 Å². The van der Waals surface area contributed by atoms with Gasteiger partial charge in [0.15, 0.2) is 0 Å². The van der Waals surface area contributed by atoms with E-state index in [0.29, 0.717) is 12.2 Å². The molecule has 0 amide bonds. The van der Waals surface area contributed by atoms with Crippen LogP contribution in [-0.4, -0.2) is 6.11 Å². The zero-order chi connectivity index (χ0) is 13.7. The summed E-state index contributed by atoms with van der Waals surface area (Å²) in [6.45, 7) is 0. The second-order valence-corrected chi connectivity index (χ2v) is 5.14. The quantitative estimate of drug-likeness (QED) is 0.527. The molecule has 3 aromatic rings. The summed E-state index contributed by atoms with van der Waals surface area (Å²) in [5, 5.41) is 3.83. The van der Waals surface area contributed by atoms with Crippen LogP contribution < -0.4 is 4.74 Å². The van der Waals surface area contributed by atoms with Crippen molar-refractivity contribution in [2.45, 2.75) is 19.0 Å². The molecule has 0 saturated heterocycles. The standard InChI is InChI=1S/C17H12F2O/c18-17(19)10-9-15-13-7-2-1-5-11(13)12-6-3-4-8-14(12)16(15)20-17/h1-8H,9-10H2. The van der Waals surface area contributed by atoms with Crippen LogP contribution in [0.1, 0.15) is 12.0 Å². The van der Waals surface area contributed by atoms with Gasteiger partial charge in [0, 0.05) is 10.9 Å². The van der Waals surface area contributed by atoms with Crippen molar-refractivity contribution < 1.29 is 13.5 Å². The number of fused-ring (bicyclic) bond motifs is 6. The maximum Gasteiger partial charge on any atom is 0.398 e. The number of hydrogen-bond donors (Lipinski definition) is 0. The lowest BCUT2D eigenvalue weighted by Crippen LogP contribution is -2.29. The van der Waals surface area contributed by atoms with Crippen molar-refractivity contribution in [1.82, 2.24) is 0 Å². The molecule has 0 unspecified atom stereocenters. The van der Waals surface area contributed by atoms with Crippen molar-refractivity contribution in [3.05, 3.63) is 54.1 Å². The van der Waals surface area contributed by atoms with Gasteiger partial charge < -0.3 is 4.74 Å². The van der Waals surface area contributed by atoms with Crippen molar-refractivity contribution in [1.29, 1.82) is 0 Å². The smallest absolute Gasteiger partial charge is 0.398 e. The topological polar surface area (TPSA) is 9.23 Å². The fourth-order valence-corrected chi connectivity index (χ4v) is 3.02. The van der Waals surface area contributed by atoms with Gasteiger partial charge in [0.2, 0.25) is 0 Å². The Morgan fingerprint density at radius 1 is 0.800 bits per heavy atom. The first-order chi connectivity index (χ1) is 9.66. The van der Waals surface area contributed by atoms with Crippen molar-refractivity contribution in [2.75, 3.05) is 0 Å². The molecule has 0 aromatic heterocycles. The normalized spacial score (nSPS) is 16.9. The van der Waals surface area contributed by atoms with Crippen molar-refractivity contribution in [3.63, 3.8) is 0 Å². The maximum absolute atomic E-state index is 13.6. The van der Waals surface area contributed by atoms with Crippen LogP contribution >= 0.6 is 0 Å². The summed E-state index contributed by atoms with van der Waals surface area (Å²) in [5.41, 5.74) is 0.894. The first-order valence-electron chi connectivity index (χ1n) is 6.65. The predicted octanol–water partition coefficient (Wildman–Crippen LogP) is 4.91. The largest absolute Gasteiger partial charge is 0.432 e. The number of rotatable bonds is 0. The van der Waals surface area contributed by atoms with Crippen LogP contribution in [0.5, 0.6) is 5.75 Å². The molecule has 0 atom stereocenters. The Labute approximate surface area is 114 Å². The van der Waals surface area contributed by atoms with E-state index < -0.39 is 6.11 Å². The average molecular weight is 270 g/mol. The molecular formula is C17H12F2O. The molecule has 4 rings (SSSR count). The lowest BCUT2D eigenvalue weighted by Gasteiger charge is -2.27. The number of benzene rings is 3. The van der Waals surface area contributed by atoms with E-state index in [0.717, 1.165) is 27.1 Å². The monoisotopic (exact) mass is 270 g/mol. The summed E-state index contributed by atoms with van der Waals surface area (Å²) in [6.07, 6.45) is -2.99. The average Bonchev–Trinajstić information content (AvgIpc) is 2.46. The summed E-state index contributed by atoms with van der Waals surface area (Å²) >= 11 is 0. The van der Waals surface area contributed by atoms with Gasteiger partial charge in [0.1, 0.15) is 5.75 Å². The van der Waals surface area contributed by atoms with E-state index in [1.807, 2.05) is 48.5 Å². The third-order valence-electron chi connectivity index (χ3n) is 3.91. The first kappa shape index (κ1) is 11.6. The Hall–Kier alpha value is -2.16. The number of ether oxygens (including phenoxy) is 1. The fraction of sp³-hybridized carbons (Fsp3) is 0.176. The molecule has 0 radical (unpaired) electrons. The number of hydrogen-bond acceptors (Lipinski definition) is 1. The molecular weight excluding hydrogens is 258 g/mol. The molecule has 0 N–H and O–H groups in total. The van der Waals surface area contributed by atoms with E-state index in [2.05, 4.69) is 0 Å². The number of aryl methyl sites for hydroxylation is 1. The third-order valence-corrected chi connectivity index (χ3v) is 3.91. The predicted molar refractivity (Wildman–Crippen MR) is 75.4 cm³/mol. The van der Waals surface area contributed by atoms with Gasteiger partial charge in [-0.1, -0.05) is 48.5 Å². The van der Waals surface area contributed by atoms with E-state index in [9.17, 15) is 8.78 Å². The Morgan fingerprint density at radius 3 is 2.05 bits per heavy atom. The molecule has 1 heterocycles. The second kappa shape index (κ2) is 3.92. The molecule has 3 aromatic carbocycles. The Balaban J connectivity index is 2.19. The van der Waals surface area contributed by atoms with Gasteiger partial charge in [0.25, 0.3) is 0 Å². The highest BCUT2D eigenvalue weighted by molar-refractivity contribution is 6.12. The maximum atomic E-state index is 13.6. The molecule has 20 heavy (non-hydrogen) atoms. The molecule has 100 valence electrons. The Morgan fingerprint density at radius 2 is 1.35 bits per heavy atom. The van der Waals surface area contributed by atoms with Crippen LogP contribution in [0.15, 0.2) is 48.5 Å². The van der Waals surface area contributed by atoms with Gasteiger partial charge in [-0.2, -0.15) is 8.78 Å². The fourth-order valence-electron chi connectivity index (χ4n) is 3.02. The Kier molecular flexibility index (Phi) is 2.28. The van der Waals surface area contributed by atoms with Gasteiger partial charge in [-0.15, -0.1) is 0 Å². The minimum absolute atomic E-state index is 0.262. The van der Waals surface area contributed by atoms with Gasteiger partial charge in [0.05, 0.1) is 6.42 Å². The summed E-state index contributed by atoms with van der Waals surface area (Å²) < 4.78 is 32.2. The molecule has 0 spiro atoms. The molecule has 0 aliphatic carbocycles. The summed E-state index contributed by atoms with van der Waals surface area (Å²) in [5.74, 6) is 0.343. The Bertz CT molecular complexity index is 824. The van der Waals surface area contributed by atoms with Crippen LogP contribution in [0.25, 0.3) is 21.5 Å². The minimum atomic E-state index is -3.07. The zero-order valence-corrected chi connectivity index (χ0v) is 10.7. The summed E-state index contributed by atoms with van der Waals surface area (Å²) in [4.78, 5) is 0. The molecule has 1 aliphatic rings. The molecule has 1 nitrogen and oxygen atoms in total. The lowest BCUT2D eigenvalue weighted by molar-refractivity contribution is -0.185. The van der Waals surface area contributed by atoms with Gasteiger partial charge in [-0.05, 0) is 22.6 Å².